The van der Waals surface area contributed by atoms with Gasteiger partial charge in [-0.15, -0.1) is 6.58 Å². The Hall–Kier alpha value is 0.0938. The van der Waals surface area contributed by atoms with E-state index in [-0.39, 0.29) is 0 Å². The minimum absolute atomic E-state index is 1.47. The SMILES string of the molecule is C=C[Si](C)(OC)O[Si](C)(C)C. The second-order valence-corrected chi connectivity index (χ2v) is 11.5. The molecule has 0 rings (SSSR count). The van der Waals surface area contributed by atoms with Gasteiger partial charge in [-0.3, -0.25) is 0 Å². The average Bonchev–Trinajstić information content (AvgIpc) is 1.84. The first-order valence-electron chi connectivity index (χ1n) is 3.72. The molecule has 0 saturated heterocycles. The fourth-order valence-corrected chi connectivity index (χ4v) is 6.47. The van der Waals surface area contributed by atoms with E-state index in [1.54, 1.807) is 7.11 Å². The highest BCUT2D eigenvalue weighted by molar-refractivity contribution is 6.84. The van der Waals surface area contributed by atoms with E-state index in [0.29, 0.717) is 0 Å². The maximum absolute atomic E-state index is 5.86. The van der Waals surface area contributed by atoms with Crippen LogP contribution in [0.15, 0.2) is 12.3 Å². The first-order chi connectivity index (χ1) is 4.83. The molecule has 0 radical (unpaired) electrons. The van der Waals surface area contributed by atoms with Gasteiger partial charge < -0.3 is 8.54 Å². The highest BCUT2D eigenvalue weighted by Crippen LogP contribution is 2.14. The van der Waals surface area contributed by atoms with Crippen LogP contribution in [-0.2, 0) is 8.54 Å². The number of rotatable bonds is 4. The largest absolute Gasteiger partial charge is 0.433 e. The van der Waals surface area contributed by atoms with Crippen molar-refractivity contribution in [2.24, 2.45) is 0 Å². The predicted octanol–water partition coefficient (Wildman–Crippen LogP) is 2.28. The van der Waals surface area contributed by atoms with Crippen LogP contribution in [0.5, 0.6) is 0 Å². The Morgan fingerprint density at radius 3 is 1.73 bits per heavy atom. The summed E-state index contributed by atoms with van der Waals surface area (Å²) in [5.41, 5.74) is 1.82. The molecule has 0 aliphatic heterocycles. The van der Waals surface area contributed by atoms with Crippen LogP contribution in [0.2, 0.25) is 26.2 Å². The maximum Gasteiger partial charge on any atom is 0.350 e. The van der Waals surface area contributed by atoms with Crippen molar-refractivity contribution >= 4 is 16.9 Å². The first kappa shape index (κ1) is 11.1. The van der Waals surface area contributed by atoms with Crippen molar-refractivity contribution in [3.8, 4) is 0 Å². The van der Waals surface area contributed by atoms with Gasteiger partial charge in [0.25, 0.3) is 0 Å². The van der Waals surface area contributed by atoms with E-state index in [2.05, 4.69) is 26.2 Å². The Labute approximate surface area is 71.6 Å². The molecule has 0 saturated carbocycles. The van der Waals surface area contributed by atoms with Crippen LogP contribution in [0.1, 0.15) is 0 Å². The lowest BCUT2D eigenvalue weighted by molar-refractivity contribution is 0.318. The molecule has 2 nitrogen and oxygen atoms in total. The van der Waals surface area contributed by atoms with Crippen LogP contribution < -0.4 is 0 Å². The molecular weight excluding hydrogens is 172 g/mol. The molecule has 0 bridgehead atoms. The van der Waals surface area contributed by atoms with Gasteiger partial charge in [0.05, 0.1) is 0 Å². The van der Waals surface area contributed by atoms with E-state index >= 15 is 0 Å². The van der Waals surface area contributed by atoms with Crippen molar-refractivity contribution in [1.82, 2.24) is 0 Å². The maximum atomic E-state index is 5.86. The third-order valence-electron chi connectivity index (χ3n) is 1.28. The Morgan fingerprint density at radius 2 is 1.64 bits per heavy atom. The van der Waals surface area contributed by atoms with E-state index < -0.39 is 16.9 Å². The normalized spacial score (nSPS) is 17.5. The van der Waals surface area contributed by atoms with Gasteiger partial charge in [-0.1, -0.05) is 5.70 Å². The molecule has 11 heavy (non-hydrogen) atoms. The van der Waals surface area contributed by atoms with Gasteiger partial charge in [0.1, 0.15) is 0 Å². The summed E-state index contributed by atoms with van der Waals surface area (Å²) in [6, 6.07) is 0. The van der Waals surface area contributed by atoms with Crippen molar-refractivity contribution in [2.75, 3.05) is 7.11 Å². The van der Waals surface area contributed by atoms with Crippen molar-refractivity contribution in [2.45, 2.75) is 26.2 Å². The number of hydrogen-bond acceptors (Lipinski definition) is 2. The van der Waals surface area contributed by atoms with E-state index in [0.717, 1.165) is 0 Å². The second kappa shape index (κ2) is 3.66. The summed E-state index contributed by atoms with van der Waals surface area (Å²) in [5.74, 6) is 0. The Morgan fingerprint density at radius 1 is 1.18 bits per heavy atom. The molecule has 0 aliphatic carbocycles. The van der Waals surface area contributed by atoms with Gasteiger partial charge in [0.15, 0.2) is 8.32 Å². The van der Waals surface area contributed by atoms with Crippen molar-refractivity contribution in [3.05, 3.63) is 12.3 Å². The van der Waals surface area contributed by atoms with Crippen LogP contribution in [0.3, 0.4) is 0 Å². The summed E-state index contributed by atoms with van der Waals surface area (Å²) >= 11 is 0. The van der Waals surface area contributed by atoms with Gasteiger partial charge in [-0.2, -0.15) is 0 Å². The Bertz CT molecular complexity index is 142. The summed E-state index contributed by atoms with van der Waals surface area (Å²) < 4.78 is 11.2. The fraction of sp³-hybridized carbons (Fsp3) is 0.714. The monoisotopic (exact) mass is 190 g/mol. The molecule has 1 unspecified atom stereocenters. The lowest BCUT2D eigenvalue weighted by atomic mass is 11.3. The van der Waals surface area contributed by atoms with E-state index in [4.69, 9.17) is 8.54 Å². The van der Waals surface area contributed by atoms with Gasteiger partial charge in [-0.05, 0) is 26.2 Å². The van der Waals surface area contributed by atoms with Gasteiger partial charge >= 0.3 is 8.56 Å². The highest BCUT2D eigenvalue weighted by atomic mass is 28.4. The molecule has 0 aromatic rings. The average molecular weight is 190 g/mol. The van der Waals surface area contributed by atoms with Crippen LogP contribution in [0.25, 0.3) is 0 Å². The van der Waals surface area contributed by atoms with Crippen molar-refractivity contribution < 1.29 is 8.54 Å². The predicted molar refractivity (Wildman–Crippen MR) is 53.3 cm³/mol. The molecular formula is C7H18O2Si2. The second-order valence-electron chi connectivity index (χ2n) is 3.64. The molecule has 4 heteroatoms. The van der Waals surface area contributed by atoms with Gasteiger partial charge in [-0.25, -0.2) is 0 Å². The standard InChI is InChI=1S/C7H18O2Si2/c1-7-11(6,8-2)9-10(3,4)5/h7H,1H2,2-6H3. The topological polar surface area (TPSA) is 18.5 Å². The summed E-state index contributed by atoms with van der Waals surface area (Å²) in [4.78, 5) is 0. The smallest absolute Gasteiger partial charge is 0.350 e. The molecule has 0 aromatic carbocycles. The molecule has 0 amide bonds. The first-order valence-corrected chi connectivity index (χ1v) is 9.52. The quantitative estimate of drug-likeness (QED) is 0.633. The van der Waals surface area contributed by atoms with Crippen LogP contribution in [0, 0.1) is 0 Å². The van der Waals surface area contributed by atoms with Crippen molar-refractivity contribution in [3.63, 3.8) is 0 Å². The molecule has 0 aliphatic rings. The van der Waals surface area contributed by atoms with E-state index in [1.807, 2.05) is 12.2 Å². The Balaban J connectivity index is 4.19. The Kier molecular flexibility index (Phi) is 3.70. The molecule has 0 aromatic heterocycles. The minimum Gasteiger partial charge on any atom is -0.433 e. The molecule has 0 N–H and O–H groups in total. The zero-order chi connectivity index (χ0) is 9.12. The molecule has 1 atom stereocenters. The zero-order valence-electron chi connectivity index (χ0n) is 8.10. The lowest BCUT2D eigenvalue weighted by Gasteiger charge is -2.29. The summed E-state index contributed by atoms with van der Waals surface area (Å²) in [5, 5.41) is 0. The third kappa shape index (κ3) is 4.52. The zero-order valence-corrected chi connectivity index (χ0v) is 10.1. The molecule has 66 valence electrons. The molecule has 0 heterocycles. The van der Waals surface area contributed by atoms with Gasteiger partial charge in [0.2, 0.25) is 0 Å². The molecule has 0 fully saturated rings. The summed E-state index contributed by atoms with van der Waals surface area (Å²) in [6.07, 6.45) is 0. The van der Waals surface area contributed by atoms with Crippen molar-refractivity contribution in [1.29, 1.82) is 0 Å². The van der Waals surface area contributed by atoms with E-state index in [1.165, 1.54) is 0 Å². The summed E-state index contributed by atoms with van der Waals surface area (Å²) in [6.45, 7) is 12.2. The van der Waals surface area contributed by atoms with Crippen LogP contribution >= 0.6 is 0 Å². The van der Waals surface area contributed by atoms with Gasteiger partial charge in [0, 0.05) is 7.11 Å². The fourth-order valence-electron chi connectivity index (χ4n) is 0.775. The third-order valence-corrected chi connectivity index (χ3v) is 6.91. The van der Waals surface area contributed by atoms with Crippen LogP contribution in [0.4, 0.5) is 0 Å². The van der Waals surface area contributed by atoms with Crippen LogP contribution in [-0.4, -0.2) is 24.0 Å². The highest BCUT2D eigenvalue weighted by Gasteiger charge is 2.32. The number of hydrogen-bond donors (Lipinski definition) is 0. The molecule has 0 spiro atoms. The van der Waals surface area contributed by atoms with E-state index in [9.17, 15) is 0 Å². The lowest BCUT2D eigenvalue weighted by Crippen LogP contribution is -2.45. The summed E-state index contributed by atoms with van der Waals surface area (Å²) in [7, 11) is -1.79. The minimum atomic E-state index is -2.01.